The van der Waals surface area contributed by atoms with Crippen LogP contribution < -0.4 is 15.8 Å². The van der Waals surface area contributed by atoms with E-state index in [0.29, 0.717) is 5.82 Å². The van der Waals surface area contributed by atoms with Crippen molar-refractivity contribution in [2.24, 2.45) is 0 Å². The molecule has 1 aromatic heterocycles. The van der Waals surface area contributed by atoms with Crippen LogP contribution >= 0.6 is 0 Å². The smallest absolute Gasteiger partial charge is 0.128 e. The molecule has 92 valence electrons. The highest BCUT2D eigenvalue weighted by molar-refractivity contribution is 5.47. The molecule has 0 saturated carbocycles. The average Bonchev–Trinajstić information content (AvgIpc) is 2.39. The minimum Gasteiger partial charge on any atom is -0.493 e. The number of rotatable bonds is 2. The molecule has 3 N–H and O–H groups in total. The lowest BCUT2D eigenvalue weighted by atomic mass is 10.0. The second-order valence-corrected chi connectivity index (χ2v) is 4.32. The molecule has 2 aromatic rings. The molecule has 0 bridgehead atoms. The Morgan fingerprint density at radius 2 is 2.06 bits per heavy atom. The van der Waals surface area contributed by atoms with Gasteiger partial charge in [-0.15, -0.1) is 0 Å². The highest BCUT2D eigenvalue weighted by atomic mass is 16.5. The summed E-state index contributed by atoms with van der Waals surface area (Å²) < 4.78 is 5.63. The van der Waals surface area contributed by atoms with Gasteiger partial charge in [0.2, 0.25) is 0 Å². The van der Waals surface area contributed by atoms with Gasteiger partial charge in [-0.25, -0.2) is 4.98 Å². The molecule has 0 aliphatic carbocycles. The van der Waals surface area contributed by atoms with Crippen molar-refractivity contribution in [2.45, 2.75) is 12.5 Å². The number of hydrogen-bond donors (Lipinski definition) is 2. The molecule has 0 saturated heterocycles. The van der Waals surface area contributed by atoms with E-state index in [2.05, 4.69) is 16.4 Å². The van der Waals surface area contributed by atoms with Crippen LogP contribution in [0.3, 0.4) is 0 Å². The lowest BCUT2D eigenvalue weighted by molar-refractivity contribution is 0.274. The van der Waals surface area contributed by atoms with E-state index >= 15 is 0 Å². The Kier molecular flexibility index (Phi) is 2.76. The van der Waals surface area contributed by atoms with Crippen molar-refractivity contribution in [2.75, 3.05) is 17.7 Å². The Labute approximate surface area is 106 Å². The number of nitrogens with two attached hydrogens (primary N) is 1. The van der Waals surface area contributed by atoms with Crippen molar-refractivity contribution in [3.63, 3.8) is 0 Å². The zero-order valence-electron chi connectivity index (χ0n) is 9.97. The van der Waals surface area contributed by atoms with Crippen LogP contribution in [0, 0.1) is 0 Å². The van der Waals surface area contributed by atoms with Gasteiger partial charge in [0.25, 0.3) is 0 Å². The molecule has 1 aliphatic rings. The molecule has 1 atom stereocenters. The van der Waals surface area contributed by atoms with E-state index in [9.17, 15) is 0 Å². The first-order valence-corrected chi connectivity index (χ1v) is 6.04. The van der Waals surface area contributed by atoms with Crippen LogP contribution in [0.5, 0.6) is 5.75 Å². The Hall–Kier alpha value is -2.23. The van der Waals surface area contributed by atoms with Crippen LogP contribution in [0.1, 0.15) is 18.0 Å². The lowest BCUT2D eigenvalue weighted by Crippen LogP contribution is -2.20. The first kappa shape index (κ1) is 10.9. The number of fused-ring (bicyclic) bond motifs is 1. The Morgan fingerprint density at radius 1 is 1.17 bits per heavy atom. The van der Waals surface area contributed by atoms with E-state index in [0.717, 1.165) is 24.6 Å². The van der Waals surface area contributed by atoms with E-state index in [1.54, 1.807) is 6.07 Å². The fourth-order valence-corrected chi connectivity index (χ4v) is 2.20. The van der Waals surface area contributed by atoms with Gasteiger partial charge in [-0.2, -0.15) is 0 Å². The van der Waals surface area contributed by atoms with Crippen molar-refractivity contribution in [3.05, 3.63) is 48.0 Å². The molecule has 0 amide bonds. The third-order valence-electron chi connectivity index (χ3n) is 3.05. The van der Waals surface area contributed by atoms with Crippen LogP contribution in [-0.4, -0.2) is 11.6 Å². The minimum atomic E-state index is 0.226. The second-order valence-electron chi connectivity index (χ2n) is 4.32. The largest absolute Gasteiger partial charge is 0.493 e. The highest BCUT2D eigenvalue weighted by Gasteiger charge is 2.20. The summed E-state index contributed by atoms with van der Waals surface area (Å²) in [5, 5.41) is 3.41. The van der Waals surface area contributed by atoms with Crippen LogP contribution in [0.4, 0.5) is 11.6 Å². The topological polar surface area (TPSA) is 60.2 Å². The van der Waals surface area contributed by atoms with E-state index in [1.165, 1.54) is 5.56 Å². The van der Waals surface area contributed by atoms with Gasteiger partial charge in [0, 0.05) is 12.0 Å². The van der Waals surface area contributed by atoms with Crippen LogP contribution in [0.15, 0.2) is 42.5 Å². The minimum absolute atomic E-state index is 0.226. The Bertz CT molecular complexity index is 556. The molecule has 3 rings (SSSR count). The van der Waals surface area contributed by atoms with Crippen LogP contribution in [0.25, 0.3) is 0 Å². The van der Waals surface area contributed by atoms with E-state index in [-0.39, 0.29) is 6.04 Å². The third-order valence-corrected chi connectivity index (χ3v) is 3.05. The highest BCUT2D eigenvalue weighted by Crippen LogP contribution is 2.33. The maximum Gasteiger partial charge on any atom is 0.128 e. The standard InChI is InChI=1S/C14H15N3O/c15-13-6-3-7-14(17-13)16-11-8-9-18-12-5-2-1-4-10(11)12/h1-7,11H,8-9H2,(H3,15,16,17). The summed E-state index contributed by atoms with van der Waals surface area (Å²) >= 11 is 0. The number of aromatic nitrogens is 1. The normalized spacial score (nSPS) is 17.7. The molecule has 1 aliphatic heterocycles. The Morgan fingerprint density at radius 3 is 2.94 bits per heavy atom. The average molecular weight is 241 g/mol. The second kappa shape index (κ2) is 4.56. The van der Waals surface area contributed by atoms with Crippen LogP contribution in [0.2, 0.25) is 0 Å². The summed E-state index contributed by atoms with van der Waals surface area (Å²) in [5.74, 6) is 2.28. The quantitative estimate of drug-likeness (QED) is 0.848. The van der Waals surface area contributed by atoms with Crippen molar-refractivity contribution < 1.29 is 4.74 Å². The zero-order chi connectivity index (χ0) is 12.4. The van der Waals surface area contributed by atoms with Crippen molar-refractivity contribution >= 4 is 11.6 Å². The molecule has 0 spiro atoms. The van der Waals surface area contributed by atoms with Gasteiger partial charge in [0.15, 0.2) is 0 Å². The number of ether oxygens (including phenoxy) is 1. The van der Waals surface area contributed by atoms with Gasteiger partial charge in [0.05, 0.1) is 12.6 Å². The number of nitrogens with one attached hydrogen (secondary N) is 1. The van der Waals surface area contributed by atoms with Gasteiger partial charge < -0.3 is 15.8 Å². The van der Waals surface area contributed by atoms with Crippen molar-refractivity contribution in [1.29, 1.82) is 0 Å². The summed E-state index contributed by atoms with van der Waals surface area (Å²) in [6.45, 7) is 0.719. The van der Waals surface area contributed by atoms with E-state index in [4.69, 9.17) is 10.5 Å². The SMILES string of the molecule is Nc1cccc(NC2CCOc3ccccc32)n1. The first-order valence-electron chi connectivity index (χ1n) is 6.04. The summed E-state index contributed by atoms with van der Waals surface area (Å²) in [7, 11) is 0. The first-order chi connectivity index (χ1) is 8.83. The van der Waals surface area contributed by atoms with Crippen molar-refractivity contribution in [3.8, 4) is 5.75 Å². The monoisotopic (exact) mass is 241 g/mol. The molecule has 1 unspecified atom stereocenters. The maximum atomic E-state index is 5.68. The molecule has 18 heavy (non-hydrogen) atoms. The maximum absolute atomic E-state index is 5.68. The number of nitrogens with zero attached hydrogens (tertiary/aromatic N) is 1. The summed E-state index contributed by atoms with van der Waals surface area (Å²) in [4.78, 5) is 4.27. The summed E-state index contributed by atoms with van der Waals surface area (Å²) in [5.41, 5.74) is 6.86. The fraction of sp³-hybridized carbons (Fsp3) is 0.214. The van der Waals surface area contributed by atoms with Gasteiger partial charge in [-0.05, 0) is 18.2 Å². The number of para-hydroxylation sites is 1. The predicted molar refractivity (Wildman–Crippen MR) is 71.6 cm³/mol. The van der Waals surface area contributed by atoms with Gasteiger partial charge in [0.1, 0.15) is 17.4 Å². The van der Waals surface area contributed by atoms with Gasteiger partial charge in [-0.3, -0.25) is 0 Å². The zero-order valence-corrected chi connectivity index (χ0v) is 9.97. The number of benzene rings is 1. The third kappa shape index (κ3) is 2.09. The number of anilines is 2. The summed E-state index contributed by atoms with van der Waals surface area (Å²) in [6, 6.07) is 13.9. The molecule has 0 fully saturated rings. The van der Waals surface area contributed by atoms with Gasteiger partial charge >= 0.3 is 0 Å². The fourth-order valence-electron chi connectivity index (χ4n) is 2.20. The van der Waals surface area contributed by atoms with Crippen molar-refractivity contribution in [1.82, 2.24) is 4.98 Å². The molecular weight excluding hydrogens is 226 g/mol. The predicted octanol–water partition coefficient (Wildman–Crippen LogP) is 2.60. The summed E-state index contributed by atoms with van der Waals surface area (Å²) in [6.07, 6.45) is 0.924. The van der Waals surface area contributed by atoms with E-state index in [1.807, 2.05) is 30.3 Å². The van der Waals surface area contributed by atoms with E-state index < -0.39 is 0 Å². The number of pyridine rings is 1. The molecule has 0 radical (unpaired) electrons. The lowest BCUT2D eigenvalue weighted by Gasteiger charge is -2.27. The molecule has 4 heteroatoms. The molecule has 2 heterocycles. The molecular formula is C14H15N3O. The molecule has 4 nitrogen and oxygen atoms in total. The van der Waals surface area contributed by atoms with Gasteiger partial charge in [-0.1, -0.05) is 24.3 Å². The van der Waals surface area contributed by atoms with Crippen LogP contribution in [-0.2, 0) is 0 Å². The number of nitrogen functional groups attached to an aromatic ring is 1. The Balaban J connectivity index is 1.86. The molecule has 1 aromatic carbocycles. The number of hydrogen-bond acceptors (Lipinski definition) is 4.